The maximum absolute atomic E-state index is 5.67. The summed E-state index contributed by atoms with van der Waals surface area (Å²) in [7, 11) is 0. The second-order valence-electron chi connectivity index (χ2n) is 28.0. The van der Waals surface area contributed by atoms with Gasteiger partial charge in [-0.25, -0.2) is 9.97 Å². The predicted molar refractivity (Wildman–Crippen MR) is 392 cm³/mol. The Kier molecular flexibility index (Phi) is 10.7. The van der Waals surface area contributed by atoms with Gasteiger partial charge in [0.25, 0.3) is 0 Å². The summed E-state index contributed by atoms with van der Waals surface area (Å²) < 4.78 is 7.47. The molecule has 0 saturated heterocycles. The monoisotopic (exact) mass is 1200 g/mol. The number of para-hydroxylation sites is 3. The van der Waals surface area contributed by atoms with Crippen molar-refractivity contribution < 1.29 is 0 Å². The van der Waals surface area contributed by atoms with Gasteiger partial charge in [-0.2, -0.15) is 0 Å². The zero-order valence-electron chi connectivity index (χ0n) is 53.2. The molecule has 0 saturated carbocycles. The van der Waals surface area contributed by atoms with E-state index in [2.05, 4.69) is 328 Å². The molecule has 0 N–H and O–H groups in total. The van der Waals surface area contributed by atoms with Crippen molar-refractivity contribution in [3.05, 3.63) is 306 Å². The van der Waals surface area contributed by atoms with E-state index < -0.39 is 0 Å². The molecule has 0 atom stereocenters. The van der Waals surface area contributed by atoms with E-state index in [0.717, 1.165) is 55.9 Å². The third-order valence-corrected chi connectivity index (χ3v) is 22.1. The minimum absolute atomic E-state index is 0.115. The minimum atomic E-state index is -0.134. The van der Waals surface area contributed by atoms with Gasteiger partial charge in [-0.3, -0.25) is 0 Å². The molecule has 4 heterocycles. The Hall–Kier alpha value is -11.4. The Balaban J connectivity index is 0.745. The summed E-state index contributed by atoms with van der Waals surface area (Å²) in [5.74, 6) is 0.678. The number of aromatic nitrogens is 5. The van der Waals surface area contributed by atoms with Gasteiger partial charge >= 0.3 is 0 Å². The van der Waals surface area contributed by atoms with Gasteiger partial charge in [0.15, 0.2) is 5.82 Å². The molecule has 13 aromatic carbocycles. The number of hydrogen-bond donors (Lipinski definition) is 0. The number of fused-ring (bicyclic) bond motifs is 22. The van der Waals surface area contributed by atoms with Gasteiger partial charge in [-0.1, -0.05) is 236 Å². The van der Waals surface area contributed by atoms with Crippen molar-refractivity contribution in [2.24, 2.45) is 0 Å². The fourth-order valence-corrected chi connectivity index (χ4v) is 17.5. The second-order valence-corrected chi connectivity index (χ2v) is 28.0. The summed E-state index contributed by atoms with van der Waals surface area (Å²) in [4.78, 5) is 11.1. The van der Waals surface area contributed by atoms with E-state index in [1.54, 1.807) is 0 Å². The Morgan fingerprint density at radius 2 is 0.596 bits per heavy atom. The van der Waals surface area contributed by atoms with Crippen molar-refractivity contribution in [2.45, 2.75) is 57.8 Å². The first-order chi connectivity index (χ1) is 45.9. The van der Waals surface area contributed by atoms with Gasteiger partial charge in [0.2, 0.25) is 0 Å². The van der Waals surface area contributed by atoms with E-state index in [9.17, 15) is 0 Å². The van der Waals surface area contributed by atoms with Crippen LogP contribution in [0.25, 0.3) is 161 Å². The van der Waals surface area contributed by atoms with Crippen molar-refractivity contribution in [3.63, 3.8) is 0 Å². The lowest BCUT2D eigenvalue weighted by Gasteiger charge is -2.21. The van der Waals surface area contributed by atoms with Crippen LogP contribution in [0.5, 0.6) is 0 Å². The minimum Gasteiger partial charge on any atom is -0.309 e. The highest BCUT2D eigenvalue weighted by Gasteiger charge is 2.41. The van der Waals surface area contributed by atoms with Crippen LogP contribution < -0.4 is 0 Å². The van der Waals surface area contributed by atoms with Crippen molar-refractivity contribution in [2.75, 3.05) is 0 Å². The fraction of sp³-hybridized carbons (Fsp3) is 0.101. The molecule has 444 valence electrons. The van der Waals surface area contributed by atoms with Crippen LogP contribution in [-0.4, -0.2) is 23.7 Å². The van der Waals surface area contributed by atoms with E-state index in [1.165, 1.54) is 132 Å². The highest BCUT2D eigenvalue weighted by molar-refractivity contribution is 6.18. The van der Waals surface area contributed by atoms with Crippen LogP contribution in [0.1, 0.15) is 74.9 Å². The van der Waals surface area contributed by atoms with Gasteiger partial charge in [-0.05, 0) is 140 Å². The summed E-state index contributed by atoms with van der Waals surface area (Å²) in [6, 6.07) is 102. The largest absolute Gasteiger partial charge is 0.309 e. The molecule has 5 nitrogen and oxygen atoms in total. The average Bonchev–Trinajstić information content (AvgIpc) is 1.55. The first-order valence-electron chi connectivity index (χ1n) is 33.1. The lowest BCUT2D eigenvalue weighted by molar-refractivity contribution is 0.660. The van der Waals surface area contributed by atoms with Gasteiger partial charge in [0.05, 0.1) is 44.3 Å². The number of benzene rings is 13. The quantitative estimate of drug-likeness (QED) is 0.166. The van der Waals surface area contributed by atoms with Crippen molar-refractivity contribution >= 4 is 76.3 Å². The Bertz CT molecular complexity index is 6160. The van der Waals surface area contributed by atoms with Crippen LogP contribution in [0, 0.1) is 0 Å². The summed E-state index contributed by atoms with van der Waals surface area (Å²) in [6.07, 6.45) is 0. The molecule has 0 amide bonds. The van der Waals surface area contributed by atoms with Crippen molar-refractivity contribution in [3.8, 4) is 84.2 Å². The summed E-state index contributed by atoms with van der Waals surface area (Å²) in [5, 5.41) is 8.52. The molecule has 0 fully saturated rings. The first-order valence-corrected chi connectivity index (χ1v) is 33.1. The van der Waals surface area contributed by atoms with Crippen LogP contribution >= 0.6 is 0 Å². The normalized spacial score (nSPS) is 14.5. The van der Waals surface area contributed by atoms with Crippen LogP contribution in [0.2, 0.25) is 0 Å². The predicted octanol–water partition coefficient (Wildman–Crippen LogP) is 22.8. The second kappa shape index (κ2) is 18.9. The van der Waals surface area contributed by atoms with Gasteiger partial charge < -0.3 is 13.7 Å². The van der Waals surface area contributed by atoms with E-state index in [4.69, 9.17) is 9.97 Å². The molecule has 3 aliphatic carbocycles. The van der Waals surface area contributed by atoms with E-state index >= 15 is 0 Å². The highest BCUT2D eigenvalue weighted by atomic mass is 15.0. The summed E-state index contributed by atoms with van der Waals surface area (Å²) >= 11 is 0. The lowest BCUT2D eigenvalue weighted by Crippen LogP contribution is -2.14. The molecule has 0 aliphatic heterocycles. The zero-order valence-corrected chi connectivity index (χ0v) is 53.2. The molecule has 0 radical (unpaired) electrons. The maximum Gasteiger partial charge on any atom is 0.160 e. The SMILES string of the molecule is CC1(C)c2ccccc2-c2c1ccc1c3ccccc3n(-c3ccc(-c4ccc5nc(-c6ccc(-n7c8ccccc8c8ccc9c(c87)-c7ccccc7C9(C)C)cc6)nc(-c6ccc(-n7c8ccccc8c8ccc9c(c87)-c7ccccc7C9(C)C)cc6)c5c4)cc3)c21. The molecular weight excluding hydrogens is 1140 g/mol. The smallest absolute Gasteiger partial charge is 0.160 e. The molecule has 0 unspecified atom stereocenters. The van der Waals surface area contributed by atoms with Gasteiger partial charge in [0, 0.05) is 98.8 Å². The van der Waals surface area contributed by atoms with E-state index in [1.807, 2.05) is 0 Å². The first kappa shape index (κ1) is 53.3. The van der Waals surface area contributed by atoms with Crippen LogP contribution in [0.15, 0.2) is 273 Å². The van der Waals surface area contributed by atoms with Crippen LogP contribution in [-0.2, 0) is 16.2 Å². The van der Waals surface area contributed by atoms with Crippen molar-refractivity contribution in [1.29, 1.82) is 0 Å². The van der Waals surface area contributed by atoms with E-state index in [-0.39, 0.29) is 16.2 Å². The third kappa shape index (κ3) is 7.08. The maximum atomic E-state index is 5.67. The average molecular weight is 1200 g/mol. The standard InChI is InChI=1S/C89H63N5/c1-87(2)69-25-13-7-22-65(69)79-72(87)47-44-62-59-19-10-16-28-76(59)92(83(62)79)56-38-31-52(32-39-56)55-37-50-75-68(51-55)82(53-33-40-57(41-34-53)93-77-29-17-11-20-60(77)63-45-48-73-80(84(63)93)66-23-8-14-26-70(66)88(73,3)4)91-86(90-75)54-35-42-58(43-36-54)94-78-30-18-12-21-61(78)64-46-49-74-81(85(64)94)67-24-9-15-27-71(67)89(74,5)6/h7-51H,1-6H3. The lowest BCUT2D eigenvalue weighted by atomic mass is 9.82. The van der Waals surface area contributed by atoms with Crippen LogP contribution in [0.4, 0.5) is 0 Å². The molecule has 5 heteroatoms. The van der Waals surface area contributed by atoms with Crippen molar-refractivity contribution in [1.82, 2.24) is 23.7 Å². The van der Waals surface area contributed by atoms with Gasteiger partial charge in [0.1, 0.15) is 0 Å². The molecule has 3 aliphatic rings. The molecular formula is C89H63N5. The fourth-order valence-electron chi connectivity index (χ4n) is 17.5. The molecule has 4 aromatic heterocycles. The summed E-state index contributed by atoms with van der Waals surface area (Å²) in [6.45, 7) is 14.2. The Labute approximate surface area is 545 Å². The zero-order chi connectivity index (χ0) is 62.7. The van der Waals surface area contributed by atoms with Gasteiger partial charge in [-0.15, -0.1) is 0 Å². The van der Waals surface area contributed by atoms with Crippen LogP contribution in [0.3, 0.4) is 0 Å². The topological polar surface area (TPSA) is 40.6 Å². The third-order valence-electron chi connectivity index (χ3n) is 22.1. The highest BCUT2D eigenvalue weighted by Crippen LogP contribution is 2.56. The molecule has 20 rings (SSSR count). The molecule has 0 bridgehead atoms. The Morgan fingerprint density at radius 1 is 0.255 bits per heavy atom. The Morgan fingerprint density at radius 3 is 1.00 bits per heavy atom. The molecule has 94 heavy (non-hydrogen) atoms. The number of nitrogens with zero attached hydrogens (tertiary/aromatic N) is 5. The molecule has 17 aromatic rings. The number of hydrogen-bond acceptors (Lipinski definition) is 2. The molecule has 0 spiro atoms. The van der Waals surface area contributed by atoms with E-state index in [0.29, 0.717) is 5.82 Å². The summed E-state index contributed by atoms with van der Waals surface area (Å²) in [5.41, 5.74) is 32.3. The number of rotatable bonds is 6.